The highest BCUT2D eigenvalue weighted by Crippen LogP contribution is 2.25. The minimum Gasteiger partial charge on any atom is -0.322 e. The Labute approximate surface area is 191 Å². The molecule has 0 bridgehead atoms. The van der Waals surface area contributed by atoms with Crippen molar-refractivity contribution in [1.29, 1.82) is 0 Å². The summed E-state index contributed by atoms with van der Waals surface area (Å²) in [5, 5.41) is 2.64. The SMILES string of the molecule is CC1=C=CC(NS(=O)(=O)c2cc(NC(=O)c3cnccc3-c3ccccc3)ccc2F)C=C1. The van der Waals surface area contributed by atoms with Gasteiger partial charge in [0.15, 0.2) is 0 Å². The number of rotatable bonds is 6. The van der Waals surface area contributed by atoms with Crippen LogP contribution < -0.4 is 10.0 Å². The van der Waals surface area contributed by atoms with Gasteiger partial charge in [0.2, 0.25) is 10.0 Å². The fourth-order valence-corrected chi connectivity index (χ4v) is 4.56. The predicted octanol–water partition coefficient (Wildman–Crippen LogP) is 4.46. The van der Waals surface area contributed by atoms with Gasteiger partial charge < -0.3 is 5.32 Å². The predicted molar refractivity (Wildman–Crippen MR) is 125 cm³/mol. The van der Waals surface area contributed by atoms with Gasteiger partial charge in [-0.15, -0.1) is 5.73 Å². The molecule has 4 rings (SSSR count). The van der Waals surface area contributed by atoms with Crippen molar-refractivity contribution in [2.45, 2.75) is 17.9 Å². The number of pyridine rings is 1. The van der Waals surface area contributed by atoms with Crippen LogP contribution in [0, 0.1) is 5.82 Å². The lowest BCUT2D eigenvalue weighted by Crippen LogP contribution is -2.33. The van der Waals surface area contributed by atoms with Gasteiger partial charge in [0.05, 0.1) is 11.6 Å². The van der Waals surface area contributed by atoms with E-state index >= 15 is 0 Å². The Morgan fingerprint density at radius 1 is 1.12 bits per heavy atom. The van der Waals surface area contributed by atoms with Crippen LogP contribution in [-0.2, 0) is 10.0 Å². The van der Waals surface area contributed by atoms with Crippen molar-refractivity contribution in [2.24, 2.45) is 0 Å². The van der Waals surface area contributed by atoms with Gasteiger partial charge in [-0.05, 0) is 54.0 Å². The first-order chi connectivity index (χ1) is 15.8. The largest absolute Gasteiger partial charge is 0.322 e. The molecule has 0 saturated carbocycles. The zero-order valence-electron chi connectivity index (χ0n) is 17.6. The minimum absolute atomic E-state index is 0.134. The first kappa shape index (κ1) is 22.4. The van der Waals surface area contributed by atoms with Gasteiger partial charge in [0.25, 0.3) is 5.91 Å². The van der Waals surface area contributed by atoms with E-state index in [0.29, 0.717) is 11.1 Å². The quantitative estimate of drug-likeness (QED) is 0.531. The van der Waals surface area contributed by atoms with E-state index in [2.05, 4.69) is 20.8 Å². The van der Waals surface area contributed by atoms with E-state index in [4.69, 9.17) is 0 Å². The monoisotopic (exact) mass is 461 g/mol. The number of carbonyl (C=O) groups is 1. The van der Waals surface area contributed by atoms with Crippen molar-refractivity contribution >= 4 is 21.6 Å². The first-order valence-corrected chi connectivity index (χ1v) is 11.6. The zero-order chi connectivity index (χ0) is 23.4. The third-order valence-corrected chi connectivity index (χ3v) is 6.44. The Hall–Kier alpha value is -3.84. The fourth-order valence-electron chi connectivity index (χ4n) is 3.32. The molecule has 2 aromatic carbocycles. The van der Waals surface area contributed by atoms with Crippen molar-refractivity contribution in [3.63, 3.8) is 0 Å². The third-order valence-electron chi connectivity index (χ3n) is 4.96. The van der Waals surface area contributed by atoms with Crippen LogP contribution in [0.5, 0.6) is 0 Å². The molecule has 166 valence electrons. The summed E-state index contributed by atoms with van der Waals surface area (Å²) in [6, 6.07) is 13.8. The molecule has 0 fully saturated rings. The number of nitrogens with one attached hydrogen (secondary N) is 2. The molecular weight excluding hydrogens is 441 g/mol. The van der Waals surface area contributed by atoms with E-state index in [-0.39, 0.29) is 5.69 Å². The molecule has 1 heterocycles. The smallest absolute Gasteiger partial charge is 0.257 e. The average molecular weight is 462 g/mol. The summed E-state index contributed by atoms with van der Waals surface area (Å²) in [5.41, 5.74) is 5.70. The third kappa shape index (κ3) is 5.15. The molecule has 1 aliphatic carbocycles. The molecule has 33 heavy (non-hydrogen) atoms. The molecule has 0 spiro atoms. The summed E-state index contributed by atoms with van der Waals surface area (Å²) in [7, 11) is -4.20. The van der Waals surface area contributed by atoms with Crippen molar-refractivity contribution < 1.29 is 17.6 Å². The Balaban J connectivity index is 1.60. The number of halogens is 1. The molecule has 8 heteroatoms. The maximum Gasteiger partial charge on any atom is 0.257 e. The molecule has 6 nitrogen and oxygen atoms in total. The van der Waals surface area contributed by atoms with Crippen LogP contribution in [0.1, 0.15) is 17.3 Å². The highest BCUT2D eigenvalue weighted by atomic mass is 32.2. The average Bonchev–Trinajstić information content (AvgIpc) is 2.82. The van der Waals surface area contributed by atoms with E-state index in [1.165, 1.54) is 12.3 Å². The Bertz CT molecular complexity index is 1410. The van der Waals surface area contributed by atoms with Crippen LogP contribution in [-0.4, -0.2) is 25.4 Å². The van der Waals surface area contributed by atoms with Gasteiger partial charge in [0.1, 0.15) is 10.7 Å². The Morgan fingerprint density at radius 2 is 1.91 bits per heavy atom. The van der Waals surface area contributed by atoms with Crippen LogP contribution in [0.4, 0.5) is 10.1 Å². The van der Waals surface area contributed by atoms with E-state index in [1.54, 1.807) is 30.5 Å². The minimum atomic E-state index is -4.20. The highest BCUT2D eigenvalue weighted by molar-refractivity contribution is 7.89. The maximum absolute atomic E-state index is 14.4. The zero-order valence-corrected chi connectivity index (χ0v) is 18.4. The molecule has 0 aliphatic heterocycles. The van der Waals surface area contributed by atoms with Crippen LogP contribution in [0.3, 0.4) is 0 Å². The molecule has 1 aliphatic rings. The van der Waals surface area contributed by atoms with E-state index in [0.717, 1.165) is 23.3 Å². The summed E-state index contributed by atoms with van der Waals surface area (Å²) in [6.07, 6.45) is 7.92. The number of hydrogen-bond acceptors (Lipinski definition) is 4. The second-order valence-corrected chi connectivity index (χ2v) is 9.07. The van der Waals surface area contributed by atoms with Crippen molar-refractivity contribution in [2.75, 3.05) is 5.32 Å². The molecular formula is C25H20FN3O3S. The van der Waals surface area contributed by atoms with Crippen LogP contribution in [0.15, 0.2) is 101 Å². The molecule has 1 amide bonds. The molecule has 3 aromatic rings. The normalized spacial score (nSPS) is 15.2. The number of sulfonamides is 1. The van der Waals surface area contributed by atoms with Crippen molar-refractivity contribution in [1.82, 2.24) is 9.71 Å². The van der Waals surface area contributed by atoms with Crippen LogP contribution in [0.2, 0.25) is 0 Å². The van der Waals surface area contributed by atoms with Gasteiger partial charge in [-0.1, -0.05) is 42.5 Å². The molecule has 2 N–H and O–H groups in total. The lowest BCUT2D eigenvalue weighted by molar-refractivity contribution is 0.102. The van der Waals surface area contributed by atoms with Crippen LogP contribution >= 0.6 is 0 Å². The van der Waals surface area contributed by atoms with Crippen LogP contribution in [0.25, 0.3) is 11.1 Å². The van der Waals surface area contributed by atoms with E-state index in [1.807, 2.05) is 37.3 Å². The summed E-state index contributed by atoms with van der Waals surface area (Å²) in [5.74, 6) is -1.43. The molecule has 0 radical (unpaired) electrons. The van der Waals surface area contributed by atoms with Gasteiger partial charge in [-0.2, -0.15) is 4.72 Å². The molecule has 0 saturated heterocycles. The summed E-state index contributed by atoms with van der Waals surface area (Å²) in [6.45, 7) is 1.83. The summed E-state index contributed by atoms with van der Waals surface area (Å²) < 4.78 is 42.4. The number of nitrogens with zero attached hydrogens (tertiary/aromatic N) is 1. The van der Waals surface area contributed by atoms with Crippen molar-refractivity contribution in [3.05, 3.63) is 108 Å². The number of hydrogen-bond donors (Lipinski definition) is 2. The maximum atomic E-state index is 14.4. The lowest BCUT2D eigenvalue weighted by atomic mass is 10.0. The van der Waals surface area contributed by atoms with E-state index in [9.17, 15) is 17.6 Å². The number of benzene rings is 2. The van der Waals surface area contributed by atoms with Gasteiger partial charge >= 0.3 is 0 Å². The number of anilines is 1. The Kier molecular flexibility index (Phi) is 6.33. The second kappa shape index (κ2) is 9.34. The highest BCUT2D eigenvalue weighted by Gasteiger charge is 2.23. The van der Waals surface area contributed by atoms with Gasteiger partial charge in [-0.25, -0.2) is 12.8 Å². The fraction of sp³-hybridized carbons (Fsp3) is 0.0800. The standard InChI is InChI=1S/C25H20FN3O3S/c1-17-7-9-19(10-8-17)29-33(31,32)24-15-20(11-12-23(24)26)28-25(30)22-16-27-14-13-21(22)18-5-3-2-4-6-18/h2-7,9-16,19,29H,1H3,(H,28,30). The number of allylic oxidation sites excluding steroid dienone is 1. The topological polar surface area (TPSA) is 88.2 Å². The summed E-state index contributed by atoms with van der Waals surface area (Å²) >= 11 is 0. The Morgan fingerprint density at radius 3 is 2.64 bits per heavy atom. The second-order valence-electron chi connectivity index (χ2n) is 7.39. The number of amides is 1. The molecule has 1 atom stereocenters. The lowest BCUT2D eigenvalue weighted by Gasteiger charge is -2.15. The van der Waals surface area contributed by atoms with Gasteiger partial charge in [-0.3, -0.25) is 9.78 Å². The van der Waals surface area contributed by atoms with E-state index < -0.39 is 32.7 Å². The van der Waals surface area contributed by atoms with Crippen molar-refractivity contribution in [3.8, 4) is 11.1 Å². The molecule has 1 aromatic heterocycles. The first-order valence-electron chi connectivity index (χ1n) is 10.1. The molecule has 1 unspecified atom stereocenters. The number of carbonyl (C=O) groups excluding carboxylic acids is 1. The number of aromatic nitrogens is 1. The van der Waals surface area contributed by atoms with Gasteiger partial charge in [0, 0.05) is 18.1 Å². The summed E-state index contributed by atoms with van der Waals surface area (Å²) in [4.78, 5) is 16.4.